The summed E-state index contributed by atoms with van der Waals surface area (Å²) in [7, 11) is -3.57. The number of benzene rings is 1. The fourth-order valence-electron chi connectivity index (χ4n) is 1.18. The molecule has 0 saturated heterocycles. The van der Waals surface area contributed by atoms with Gasteiger partial charge >= 0.3 is 0 Å². The van der Waals surface area contributed by atoms with Crippen molar-refractivity contribution in [3.63, 3.8) is 0 Å². The molecule has 0 amide bonds. The Morgan fingerprint density at radius 3 is 2.50 bits per heavy atom. The zero-order valence-corrected chi connectivity index (χ0v) is 9.65. The molecule has 1 aromatic rings. The predicted octanol–water partition coefficient (Wildman–Crippen LogP) is 1.84. The Morgan fingerprint density at radius 1 is 1.38 bits per heavy atom. The average molecular weight is 235 g/mol. The lowest BCUT2D eigenvalue weighted by Gasteiger charge is -2.16. The monoisotopic (exact) mass is 235 g/mol. The van der Waals surface area contributed by atoms with E-state index in [0.717, 1.165) is 4.31 Å². The first-order valence-corrected chi connectivity index (χ1v) is 6.22. The third-order valence-electron chi connectivity index (χ3n) is 2.01. The minimum Gasteiger partial charge on any atom is -0.224 e. The molecule has 0 spiro atoms. The van der Waals surface area contributed by atoms with Crippen molar-refractivity contribution in [2.45, 2.75) is 11.3 Å². The zero-order valence-electron chi connectivity index (χ0n) is 8.83. The van der Waals surface area contributed by atoms with Crippen LogP contribution in [0, 0.1) is 12.5 Å². The van der Waals surface area contributed by atoms with Crippen LogP contribution in [-0.4, -0.2) is 19.3 Å². The molecule has 0 atom stereocenters. The van der Waals surface area contributed by atoms with Crippen LogP contribution in [0.4, 0.5) is 0 Å². The lowest BCUT2D eigenvalue weighted by molar-refractivity contribution is 0.515. The van der Waals surface area contributed by atoms with Crippen molar-refractivity contribution in [1.29, 1.82) is 0 Å². The van der Waals surface area contributed by atoms with Crippen LogP contribution < -0.4 is 0 Å². The van der Waals surface area contributed by atoms with E-state index in [0.29, 0.717) is 6.42 Å². The molecule has 0 aliphatic carbocycles. The molecule has 0 fully saturated rings. The van der Waals surface area contributed by atoms with Crippen LogP contribution in [0.2, 0.25) is 0 Å². The van der Waals surface area contributed by atoms with Gasteiger partial charge < -0.3 is 0 Å². The van der Waals surface area contributed by atoms with Gasteiger partial charge in [-0.15, -0.1) is 6.58 Å². The van der Waals surface area contributed by atoms with Crippen LogP contribution in [0.1, 0.15) is 6.42 Å². The molecule has 0 saturated carbocycles. The molecule has 1 aromatic carbocycles. The third kappa shape index (κ3) is 2.65. The standard InChI is InChI=1S/C12H13NO2S/c1-3-5-11-13(4-2)16(14,15)12-9-7-6-8-10-12/h2-3,6-10H,1,5,11H2. The first-order chi connectivity index (χ1) is 7.62. The van der Waals surface area contributed by atoms with E-state index >= 15 is 0 Å². The van der Waals surface area contributed by atoms with Gasteiger partial charge in [-0.3, -0.25) is 0 Å². The second-order valence-corrected chi connectivity index (χ2v) is 4.96. The summed E-state index contributed by atoms with van der Waals surface area (Å²) in [6.07, 6.45) is 7.35. The van der Waals surface area contributed by atoms with Crippen molar-refractivity contribution in [1.82, 2.24) is 4.31 Å². The van der Waals surface area contributed by atoms with Crippen LogP contribution in [0.25, 0.3) is 0 Å². The Kier molecular flexibility index (Phi) is 4.15. The highest BCUT2D eigenvalue weighted by atomic mass is 32.2. The average Bonchev–Trinajstić information content (AvgIpc) is 2.31. The molecule has 1 rings (SSSR count). The molecular weight excluding hydrogens is 222 g/mol. The van der Waals surface area contributed by atoms with E-state index in [-0.39, 0.29) is 11.4 Å². The zero-order chi connectivity index (χ0) is 12.0. The first-order valence-electron chi connectivity index (χ1n) is 4.78. The van der Waals surface area contributed by atoms with Crippen LogP contribution in [0.15, 0.2) is 47.9 Å². The summed E-state index contributed by atoms with van der Waals surface area (Å²) in [4.78, 5) is 0.206. The van der Waals surface area contributed by atoms with Gasteiger partial charge in [-0.2, -0.15) is 0 Å². The molecule has 0 heterocycles. The van der Waals surface area contributed by atoms with E-state index in [1.165, 1.54) is 12.1 Å². The predicted molar refractivity (Wildman–Crippen MR) is 64.0 cm³/mol. The van der Waals surface area contributed by atoms with E-state index in [1.807, 2.05) is 0 Å². The molecule has 16 heavy (non-hydrogen) atoms. The number of terminal acetylenes is 1. The Labute approximate surface area is 96.5 Å². The number of rotatable bonds is 5. The minimum absolute atomic E-state index is 0.206. The van der Waals surface area contributed by atoms with E-state index in [4.69, 9.17) is 6.42 Å². The lowest BCUT2D eigenvalue weighted by Crippen LogP contribution is -2.27. The van der Waals surface area contributed by atoms with Gasteiger partial charge in [-0.1, -0.05) is 30.7 Å². The van der Waals surface area contributed by atoms with Gasteiger partial charge in [0.15, 0.2) is 0 Å². The summed E-state index contributed by atoms with van der Waals surface area (Å²) in [5.74, 6) is 0. The van der Waals surface area contributed by atoms with Gasteiger partial charge in [-0.25, -0.2) is 12.7 Å². The molecule has 0 unspecified atom stereocenters. The molecule has 0 aliphatic heterocycles. The maximum absolute atomic E-state index is 12.0. The van der Waals surface area contributed by atoms with E-state index < -0.39 is 10.0 Å². The second-order valence-electron chi connectivity index (χ2n) is 3.10. The Bertz CT molecular complexity index is 486. The lowest BCUT2D eigenvalue weighted by atomic mass is 10.4. The third-order valence-corrected chi connectivity index (χ3v) is 3.75. The summed E-state index contributed by atoms with van der Waals surface area (Å²) in [5, 5.41) is 0. The molecule has 4 heteroatoms. The quantitative estimate of drug-likeness (QED) is 0.443. The molecule has 0 N–H and O–H groups in total. The molecule has 84 valence electrons. The number of nitrogens with zero attached hydrogens (tertiary/aromatic N) is 1. The highest BCUT2D eigenvalue weighted by molar-refractivity contribution is 7.89. The molecule has 0 aliphatic rings. The fourth-order valence-corrected chi connectivity index (χ4v) is 2.42. The SMILES string of the molecule is C#CN(CCC=C)S(=O)(=O)c1ccccc1. The van der Waals surface area contributed by atoms with Crippen LogP contribution >= 0.6 is 0 Å². The van der Waals surface area contributed by atoms with Crippen molar-refractivity contribution in [3.05, 3.63) is 43.0 Å². The summed E-state index contributed by atoms with van der Waals surface area (Å²) >= 11 is 0. The summed E-state index contributed by atoms with van der Waals surface area (Å²) in [6, 6.07) is 10.3. The van der Waals surface area contributed by atoms with E-state index in [2.05, 4.69) is 12.6 Å². The first kappa shape index (κ1) is 12.3. The fraction of sp³-hybridized carbons (Fsp3) is 0.167. The minimum atomic E-state index is -3.57. The summed E-state index contributed by atoms with van der Waals surface area (Å²) < 4.78 is 25.0. The molecule has 3 nitrogen and oxygen atoms in total. The van der Waals surface area contributed by atoms with Crippen molar-refractivity contribution in [2.75, 3.05) is 6.54 Å². The van der Waals surface area contributed by atoms with Crippen molar-refractivity contribution >= 4 is 10.0 Å². The maximum Gasteiger partial charge on any atom is 0.270 e. The highest BCUT2D eigenvalue weighted by Gasteiger charge is 2.20. The number of hydrogen-bond acceptors (Lipinski definition) is 2. The van der Waals surface area contributed by atoms with Crippen LogP contribution in [0.5, 0.6) is 0 Å². The Morgan fingerprint density at radius 2 is 2.00 bits per heavy atom. The summed E-state index contributed by atoms with van der Waals surface area (Å²) in [5.41, 5.74) is 0. The van der Waals surface area contributed by atoms with Gasteiger partial charge in [0.1, 0.15) is 0 Å². The molecule has 0 bridgehead atoms. The Hall–Kier alpha value is -1.73. The second kappa shape index (κ2) is 5.38. The van der Waals surface area contributed by atoms with Crippen LogP contribution in [0.3, 0.4) is 0 Å². The van der Waals surface area contributed by atoms with Gasteiger partial charge in [0, 0.05) is 12.6 Å². The van der Waals surface area contributed by atoms with E-state index in [9.17, 15) is 8.42 Å². The topological polar surface area (TPSA) is 37.4 Å². The van der Waals surface area contributed by atoms with Crippen molar-refractivity contribution < 1.29 is 8.42 Å². The molecule has 0 radical (unpaired) electrons. The van der Waals surface area contributed by atoms with Gasteiger partial charge in [0.25, 0.3) is 10.0 Å². The summed E-state index contributed by atoms with van der Waals surface area (Å²) in [6.45, 7) is 3.78. The normalized spacial score (nSPS) is 10.4. The van der Waals surface area contributed by atoms with Crippen LogP contribution in [-0.2, 0) is 10.0 Å². The van der Waals surface area contributed by atoms with E-state index in [1.54, 1.807) is 24.3 Å². The molecular formula is C12H13NO2S. The van der Waals surface area contributed by atoms with Crippen molar-refractivity contribution in [2.24, 2.45) is 0 Å². The van der Waals surface area contributed by atoms with Gasteiger partial charge in [-0.05, 0) is 18.6 Å². The number of sulfonamides is 1. The molecule has 0 aromatic heterocycles. The smallest absolute Gasteiger partial charge is 0.224 e. The maximum atomic E-state index is 12.0. The number of hydrogen-bond donors (Lipinski definition) is 0. The van der Waals surface area contributed by atoms with Gasteiger partial charge in [0.05, 0.1) is 4.90 Å². The highest BCUT2D eigenvalue weighted by Crippen LogP contribution is 2.14. The largest absolute Gasteiger partial charge is 0.270 e. The van der Waals surface area contributed by atoms with Crippen molar-refractivity contribution in [3.8, 4) is 12.5 Å². The van der Waals surface area contributed by atoms with Gasteiger partial charge in [0.2, 0.25) is 0 Å². The Balaban J connectivity index is 3.01.